The Kier molecular flexibility index (Phi) is 4.79. The smallest absolute Gasteiger partial charge is 0.325 e. The van der Waals surface area contributed by atoms with Crippen LogP contribution in [0.2, 0.25) is 0 Å². The minimum absolute atomic E-state index is 0.00464. The molecule has 1 aromatic rings. The van der Waals surface area contributed by atoms with Crippen molar-refractivity contribution in [3.63, 3.8) is 0 Å². The molecule has 6 nitrogen and oxygen atoms in total. The molecule has 0 amide bonds. The average molecular weight is 348 g/mol. The fourth-order valence-corrected chi connectivity index (χ4v) is 4.39. The summed E-state index contributed by atoms with van der Waals surface area (Å²) >= 11 is 0. The topological polar surface area (TPSA) is 71.0 Å². The van der Waals surface area contributed by atoms with Crippen LogP contribution in [0.15, 0.2) is 6.07 Å². The molecule has 1 saturated carbocycles. The van der Waals surface area contributed by atoms with Crippen LogP contribution in [-0.2, 0) is 9.63 Å². The highest BCUT2D eigenvalue weighted by Crippen LogP contribution is 2.51. The van der Waals surface area contributed by atoms with Crippen molar-refractivity contribution < 1.29 is 19.5 Å². The number of aryl methyl sites for hydroxylation is 1. The molecule has 1 aliphatic carbocycles. The van der Waals surface area contributed by atoms with Gasteiger partial charge in [-0.1, -0.05) is 0 Å². The highest BCUT2D eigenvalue weighted by Gasteiger charge is 2.47. The summed E-state index contributed by atoms with van der Waals surface area (Å²) in [5.41, 5.74) is 6.79. The summed E-state index contributed by atoms with van der Waals surface area (Å²) in [5, 5.41) is 9.74. The second kappa shape index (κ2) is 6.59. The monoisotopic (exact) mass is 348 g/mol. The summed E-state index contributed by atoms with van der Waals surface area (Å²) in [4.78, 5) is 18.9. The Morgan fingerprint density at radius 3 is 2.60 bits per heavy atom. The lowest BCUT2D eigenvalue weighted by molar-refractivity contribution is -0.142. The molecule has 0 aromatic heterocycles. The second-order valence-electron chi connectivity index (χ2n) is 7.57. The van der Waals surface area contributed by atoms with Gasteiger partial charge in [-0.2, -0.15) is 5.48 Å². The number of nitrogens with one attached hydrogen (secondary N) is 1. The zero-order chi connectivity index (χ0) is 18.4. The molecule has 0 saturated heterocycles. The van der Waals surface area contributed by atoms with Crippen LogP contribution in [0.4, 0.5) is 0 Å². The summed E-state index contributed by atoms with van der Waals surface area (Å²) in [6, 6.07) is 1.32. The molecule has 1 spiro atoms. The minimum Gasteiger partial charge on any atom is -0.487 e. The summed E-state index contributed by atoms with van der Waals surface area (Å²) < 4.78 is 6.39. The lowest BCUT2D eigenvalue weighted by Crippen LogP contribution is -2.49. The van der Waals surface area contributed by atoms with Crippen molar-refractivity contribution in [2.24, 2.45) is 0 Å². The maximum atomic E-state index is 11.9. The maximum Gasteiger partial charge on any atom is 0.325 e. The Bertz CT molecular complexity index is 682. The van der Waals surface area contributed by atoms with Gasteiger partial charge in [0.25, 0.3) is 0 Å². The average Bonchev–Trinajstić information content (AvgIpc) is 2.48. The summed E-state index contributed by atoms with van der Waals surface area (Å²) in [6.45, 7) is 3.96. The first kappa shape index (κ1) is 18.2. The molecular formula is C19H28N2O4. The van der Waals surface area contributed by atoms with Gasteiger partial charge < -0.3 is 14.7 Å². The van der Waals surface area contributed by atoms with E-state index >= 15 is 0 Å². The molecule has 1 aromatic carbocycles. The van der Waals surface area contributed by atoms with E-state index in [1.807, 2.05) is 19.9 Å². The van der Waals surface area contributed by atoms with E-state index in [0.717, 1.165) is 47.3 Å². The number of benzene rings is 1. The van der Waals surface area contributed by atoms with Gasteiger partial charge in [0.2, 0.25) is 0 Å². The van der Waals surface area contributed by atoms with Crippen LogP contribution in [0.3, 0.4) is 0 Å². The van der Waals surface area contributed by atoms with Gasteiger partial charge in [0.15, 0.2) is 0 Å². The quantitative estimate of drug-likeness (QED) is 0.798. The zero-order valence-corrected chi connectivity index (χ0v) is 15.7. The molecule has 1 fully saturated rings. The lowest BCUT2D eigenvalue weighted by Gasteiger charge is -2.48. The van der Waals surface area contributed by atoms with Gasteiger partial charge in [-0.15, -0.1) is 0 Å². The first-order chi connectivity index (χ1) is 11.8. The molecule has 0 bridgehead atoms. The van der Waals surface area contributed by atoms with E-state index < -0.39 is 12.0 Å². The predicted molar refractivity (Wildman–Crippen MR) is 94.7 cm³/mol. The van der Waals surface area contributed by atoms with E-state index in [-0.39, 0.29) is 11.6 Å². The van der Waals surface area contributed by atoms with Crippen LogP contribution in [-0.4, -0.2) is 42.8 Å². The number of carboxylic acids is 1. The Balaban J connectivity index is 2.13. The highest BCUT2D eigenvalue weighted by atomic mass is 16.6. The van der Waals surface area contributed by atoms with Crippen LogP contribution in [0.1, 0.15) is 60.0 Å². The minimum atomic E-state index is -0.848. The van der Waals surface area contributed by atoms with Gasteiger partial charge in [0, 0.05) is 12.0 Å². The van der Waals surface area contributed by atoms with Crippen LogP contribution in [0, 0.1) is 13.8 Å². The molecule has 25 heavy (non-hydrogen) atoms. The van der Waals surface area contributed by atoms with Crippen LogP contribution < -0.4 is 10.2 Å². The highest BCUT2D eigenvalue weighted by molar-refractivity contribution is 5.77. The number of hydrogen-bond acceptors (Lipinski definition) is 5. The van der Waals surface area contributed by atoms with Crippen LogP contribution in [0.25, 0.3) is 0 Å². The van der Waals surface area contributed by atoms with Crippen molar-refractivity contribution in [1.82, 2.24) is 10.4 Å². The number of fused-ring (bicyclic) bond motifs is 1. The van der Waals surface area contributed by atoms with E-state index in [0.29, 0.717) is 0 Å². The van der Waals surface area contributed by atoms with E-state index in [4.69, 9.17) is 9.57 Å². The predicted octanol–water partition coefficient (Wildman–Crippen LogP) is 2.89. The number of nitrogens with zero attached hydrogens (tertiary/aromatic N) is 1. The number of carbonyl (C=O) groups is 1. The van der Waals surface area contributed by atoms with Gasteiger partial charge in [-0.3, -0.25) is 9.69 Å². The molecule has 0 radical (unpaired) electrons. The molecule has 2 aliphatic rings. The SMILES string of the molecule is CONC1CC2(CCC2)Oc2cc(C)c(C(C(=O)O)N(C)C)c(C)c21. The first-order valence-corrected chi connectivity index (χ1v) is 8.80. The Morgan fingerprint density at radius 1 is 1.44 bits per heavy atom. The van der Waals surface area contributed by atoms with Crippen LogP contribution in [0.5, 0.6) is 5.75 Å². The van der Waals surface area contributed by atoms with E-state index in [1.165, 1.54) is 6.42 Å². The van der Waals surface area contributed by atoms with Gasteiger partial charge in [-0.25, -0.2) is 0 Å². The second-order valence-corrected chi connectivity index (χ2v) is 7.57. The van der Waals surface area contributed by atoms with Crippen molar-refractivity contribution in [2.75, 3.05) is 21.2 Å². The molecule has 2 N–H and O–H groups in total. The number of hydroxylamine groups is 1. The van der Waals surface area contributed by atoms with Crippen molar-refractivity contribution in [3.8, 4) is 5.75 Å². The van der Waals surface area contributed by atoms with E-state index in [2.05, 4.69) is 5.48 Å². The Hall–Kier alpha value is -1.63. The summed E-state index contributed by atoms with van der Waals surface area (Å²) in [7, 11) is 5.20. The van der Waals surface area contributed by atoms with Crippen molar-refractivity contribution in [1.29, 1.82) is 0 Å². The number of ether oxygens (including phenoxy) is 1. The Morgan fingerprint density at radius 2 is 2.12 bits per heavy atom. The fraction of sp³-hybridized carbons (Fsp3) is 0.632. The number of likely N-dealkylation sites (N-methyl/N-ethyl adjacent to an activating group) is 1. The third-order valence-electron chi connectivity index (χ3n) is 5.65. The number of aliphatic carboxylic acids is 1. The molecule has 138 valence electrons. The largest absolute Gasteiger partial charge is 0.487 e. The fourth-order valence-electron chi connectivity index (χ4n) is 4.39. The number of rotatable bonds is 5. The van der Waals surface area contributed by atoms with Gasteiger partial charge >= 0.3 is 5.97 Å². The normalized spacial score (nSPS) is 22.2. The zero-order valence-electron chi connectivity index (χ0n) is 15.7. The molecule has 2 unspecified atom stereocenters. The third-order valence-corrected chi connectivity index (χ3v) is 5.65. The summed E-state index contributed by atoms with van der Waals surface area (Å²) in [5.74, 6) is 0.0155. The van der Waals surface area contributed by atoms with Crippen molar-refractivity contribution in [2.45, 2.75) is 57.2 Å². The van der Waals surface area contributed by atoms with E-state index in [9.17, 15) is 9.90 Å². The van der Waals surface area contributed by atoms with Crippen molar-refractivity contribution in [3.05, 3.63) is 28.3 Å². The molecule has 3 rings (SSSR count). The van der Waals surface area contributed by atoms with E-state index in [1.54, 1.807) is 26.1 Å². The van der Waals surface area contributed by atoms with Crippen LogP contribution >= 0.6 is 0 Å². The molecule has 1 aliphatic heterocycles. The molecule has 6 heteroatoms. The standard InChI is InChI=1S/C19H28N2O4/c1-11-9-14-16(12(2)15(11)17(18(22)23)21(3)4)13(20-24-5)10-19(25-14)7-6-8-19/h9,13,17,20H,6-8,10H2,1-5H3,(H,22,23). The molecule has 2 atom stereocenters. The molecule has 1 heterocycles. The molecular weight excluding hydrogens is 320 g/mol. The number of hydrogen-bond donors (Lipinski definition) is 2. The van der Waals surface area contributed by atoms with Crippen molar-refractivity contribution >= 4 is 5.97 Å². The van der Waals surface area contributed by atoms with Gasteiger partial charge in [-0.05, 0) is 70.0 Å². The third kappa shape index (κ3) is 3.03. The van der Waals surface area contributed by atoms with Gasteiger partial charge in [0.05, 0.1) is 13.2 Å². The lowest BCUT2D eigenvalue weighted by atomic mass is 9.72. The first-order valence-electron chi connectivity index (χ1n) is 8.80. The van der Waals surface area contributed by atoms with Gasteiger partial charge in [0.1, 0.15) is 17.4 Å². The summed E-state index contributed by atoms with van der Waals surface area (Å²) in [6.07, 6.45) is 4.15. The Labute approximate surface area is 149 Å². The number of carboxylic acid groups (broad SMARTS) is 1. The maximum absolute atomic E-state index is 11.9.